The molecule has 3 aromatic heterocycles. The predicted octanol–water partition coefficient (Wildman–Crippen LogP) is 3.38. The van der Waals surface area contributed by atoms with E-state index in [9.17, 15) is 4.79 Å². The summed E-state index contributed by atoms with van der Waals surface area (Å²) in [5, 5.41) is 2.06. The molecule has 0 aliphatic heterocycles. The maximum absolute atomic E-state index is 12.4. The molecule has 0 unspecified atom stereocenters. The molecule has 0 bridgehead atoms. The molecule has 0 atom stereocenters. The molecule has 4 nitrogen and oxygen atoms in total. The van der Waals surface area contributed by atoms with E-state index >= 15 is 0 Å². The summed E-state index contributed by atoms with van der Waals surface area (Å²) in [4.78, 5) is 22.8. The van der Waals surface area contributed by atoms with E-state index in [1.165, 1.54) is 0 Å². The first-order valence-corrected chi connectivity index (χ1v) is 6.79. The molecule has 3 heterocycles. The SMILES string of the molecule is Cc1c(-c2cc3cnccc3[nH]2)c(=O)[nH]c2ccccc12. The van der Waals surface area contributed by atoms with Crippen molar-refractivity contribution in [1.82, 2.24) is 15.0 Å². The summed E-state index contributed by atoms with van der Waals surface area (Å²) in [7, 11) is 0. The van der Waals surface area contributed by atoms with Crippen LogP contribution in [0, 0.1) is 6.92 Å². The third-order valence-electron chi connectivity index (χ3n) is 3.87. The lowest BCUT2D eigenvalue weighted by Crippen LogP contribution is -2.11. The number of aromatic nitrogens is 3. The molecule has 0 aliphatic rings. The third kappa shape index (κ3) is 1.76. The number of nitrogens with zero attached hydrogens (tertiary/aromatic N) is 1. The van der Waals surface area contributed by atoms with Gasteiger partial charge in [-0.05, 0) is 30.7 Å². The van der Waals surface area contributed by atoms with Gasteiger partial charge in [0.1, 0.15) is 0 Å². The normalized spacial score (nSPS) is 11.3. The molecular weight excluding hydrogens is 262 g/mol. The summed E-state index contributed by atoms with van der Waals surface area (Å²) in [6.45, 7) is 1.98. The molecule has 21 heavy (non-hydrogen) atoms. The lowest BCUT2D eigenvalue weighted by Gasteiger charge is -2.07. The zero-order chi connectivity index (χ0) is 14.4. The Balaban J connectivity index is 2.08. The quantitative estimate of drug-likeness (QED) is 0.559. The number of aromatic amines is 2. The highest BCUT2D eigenvalue weighted by Gasteiger charge is 2.13. The number of benzene rings is 1. The number of rotatable bonds is 1. The van der Waals surface area contributed by atoms with E-state index in [0.29, 0.717) is 5.56 Å². The molecule has 0 amide bonds. The number of hydrogen-bond acceptors (Lipinski definition) is 2. The second-order valence-corrected chi connectivity index (χ2v) is 5.15. The van der Waals surface area contributed by atoms with Crippen molar-refractivity contribution < 1.29 is 0 Å². The number of fused-ring (bicyclic) bond motifs is 2. The van der Waals surface area contributed by atoms with Crippen molar-refractivity contribution in [2.45, 2.75) is 6.92 Å². The first kappa shape index (κ1) is 11.9. The van der Waals surface area contributed by atoms with Crippen molar-refractivity contribution in [1.29, 1.82) is 0 Å². The second-order valence-electron chi connectivity index (χ2n) is 5.15. The van der Waals surface area contributed by atoms with Gasteiger partial charge in [0.25, 0.3) is 5.56 Å². The van der Waals surface area contributed by atoms with Crippen LogP contribution in [0.15, 0.2) is 53.6 Å². The molecule has 0 fully saturated rings. The molecule has 2 N–H and O–H groups in total. The van der Waals surface area contributed by atoms with Crippen molar-refractivity contribution in [3.8, 4) is 11.3 Å². The van der Waals surface area contributed by atoms with E-state index in [-0.39, 0.29) is 5.56 Å². The van der Waals surface area contributed by atoms with Crippen LogP contribution in [0.4, 0.5) is 0 Å². The second kappa shape index (κ2) is 4.31. The van der Waals surface area contributed by atoms with Crippen LogP contribution in [0.1, 0.15) is 5.56 Å². The highest BCUT2D eigenvalue weighted by molar-refractivity contribution is 5.91. The van der Waals surface area contributed by atoms with Gasteiger partial charge in [0, 0.05) is 34.2 Å². The zero-order valence-electron chi connectivity index (χ0n) is 11.5. The highest BCUT2D eigenvalue weighted by atomic mass is 16.1. The molecule has 1 aromatic carbocycles. The number of hydrogen-bond donors (Lipinski definition) is 2. The average molecular weight is 275 g/mol. The van der Waals surface area contributed by atoms with Gasteiger partial charge in [0.2, 0.25) is 0 Å². The molecule has 4 heteroatoms. The van der Waals surface area contributed by atoms with Crippen molar-refractivity contribution in [3.63, 3.8) is 0 Å². The molecule has 0 aliphatic carbocycles. The standard InChI is InChI=1S/C17H13N3O/c1-10-12-4-2-3-5-14(12)20-17(21)16(10)15-8-11-9-18-7-6-13(11)19-15/h2-9,19H,1H3,(H,20,21). The first-order chi connectivity index (χ1) is 10.2. The summed E-state index contributed by atoms with van der Waals surface area (Å²) in [5.41, 5.74) is 4.25. The summed E-state index contributed by atoms with van der Waals surface area (Å²) in [5.74, 6) is 0. The maximum atomic E-state index is 12.4. The summed E-state index contributed by atoms with van der Waals surface area (Å²) >= 11 is 0. The summed E-state index contributed by atoms with van der Waals surface area (Å²) < 4.78 is 0. The largest absolute Gasteiger partial charge is 0.354 e. The Morgan fingerprint density at radius 2 is 1.90 bits per heavy atom. The van der Waals surface area contributed by atoms with Crippen molar-refractivity contribution >= 4 is 21.8 Å². The number of para-hydroxylation sites is 1. The first-order valence-electron chi connectivity index (χ1n) is 6.79. The fourth-order valence-corrected chi connectivity index (χ4v) is 2.84. The zero-order valence-corrected chi connectivity index (χ0v) is 11.5. The maximum Gasteiger partial charge on any atom is 0.258 e. The van der Waals surface area contributed by atoms with Crippen LogP contribution in [0.2, 0.25) is 0 Å². The molecular formula is C17H13N3O. The van der Waals surface area contributed by atoms with Crippen LogP contribution in [-0.4, -0.2) is 15.0 Å². The van der Waals surface area contributed by atoms with Crippen LogP contribution in [0.25, 0.3) is 33.1 Å². The Bertz CT molecular complexity index is 994. The van der Waals surface area contributed by atoms with E-state index in [1.54, 1.807) is 12.4 Å². The minimum absolute atomic E-state index is 0.0780. The van der Waals surface area contributed by atoms with Crippen molar-refractivity contribution in [3.05, 3.63) is 64.7 Å². The van der Waals surface area contributed by atoms with Gasteiger partial charge in [-0.15, -0.1) is 0 Å². The summed E-state index contributed by atoms with van der Waals surface area (Å²) in [6.07, 6.45) is 3.53. The third-order valence-corrected chi connectivity index (χ3v) is 3.87. The smallest absolute Gasteiger partial charge is 0.258 e. The minimum Gasteiger partial charge on any atom is -0.354 e. The van der Waals surface area contributed by atoms with Gasteiger partial charge in [-0.1, -0.05) is 18.2 Å². The predicted molar refractivity (Wildman–Crippen MR) is 84.4 cm³/mol. The fourth-order valence-electron chi connectivity index (χ4n) is 2.84. The molecule has 4 rings (SSSR count). The van der Waals surface area contributed by atoms with Crippen LogP contribution >= 0.6 is 0 Å². The van der Waals surface area contributed by atoms with Crippen LogP contribution < -0.4 is 5.56 Å². The fraction of sp³-hybridized carbons (Fsp3) is 0.0588. The van der Waals surface area contributed by atoms with E-state index in [2.05, 4.69) is 15.0 Å². The Morgan fingerprint density at radius 1 is 1.05 bits per heavy atom. The number of nitrogens with one attached hydrogen (secondary N) is 2. The molecule has 0 saturated carbocycles. The van der Waals surface area contributed by atoms with Gasteiger partial charge in [0.15, 0.2) is 0 Å². The number of aryl methyl sites for hydroxylation is 1. The summed E-state index contributed by atoms with van der Waals surface area (Å²) in [6, 6.07) is 11.7. The average Bonchev–Trinajstić information content (AvgIpc) is 2.90. The minimum atomic E-state index is -0.0780. The van der Waals surface area contributed by atoms with Gasteiger partial charge in [-0.2, -0.15) is 0 Å². The van der Waals surface area contributed by atoms with Crippen LogP contribution in [0.5, 0.6) is 0 Å². The molecule has 102 valence electrons. The molecule has 0 radical (unpaired) electrons. The lowest BCUT2D eigenvalue weighted by molar-refractivity contribution is 1.26. The molecule has 4 aromatic rings. The monoisotopic (exact) mass is 275 g/mol. The van der Waals surface area contributed by atoms with Gasteiger partial charge in [0.05, 0.1) is 11.3 Å². The van der Waals surface area contributed by atoms with E-state index in [1.807, 2.05) is 43.3 Å². The van der Waals surface area contributed by atoms with Gasteiger partial charge in [-0.25, -0.2) is 0 Å². The Hall–Kier alpha value is -2.88. The molecule has 0 saturated heterocycles. The van der Waals surface area contributed by atoms with E-state index in [4.69, 9.17) is 0 Å². The Morgan fingerprint density at radius 3 is 2.76 bits per heavy atom. The van der Waals surface area contributed by atoms with E-state index in [0.717, 1.165) is 33.1 Å². The molecule has 0 spiro atoms. The van der Waals surface area contributed by atoms with Crippen molar-refractivity contribution in [2.24, 2.45) is 0 Å². The Kier molecular flexibility index (Phi) is 2.44. The van der Waals surface area contributed by atoms with Crippen molar-refractivity contribution in [2.75, 3.05) is 0 Å². The van der Waals surface area contributed by atoms with Gasteiger partial charge in [-0.3, -0.25) is 9.78 Å². The van der Waals surface area contributed by atoms with Crippen LogP contribution in [-0.2, 0) is 0 Å². The highest BCUT2D eigenvalue weighted by Crippen LogP contribution is 2.27. The van der Waals surface area contributed by atoms with Gasteiger partial charge >= 0.3 is 0 Å². The number of pyridine rings is 2. The van der Waals surface area contributed by atoms with Gasteiger partial charge < -0.3 is 9.97 Å². The van der Waals surface area contributed by atoms with Crippen LogP contribution in [0.3, 0.4) is 0 Å². The number of H-pyrrole nitrogens is 2. The lowest BCUT2D eigenvalue weighted by atomic mass is 10.0. The topological polar surface area (TPSA) is 61.5 Å². The van der Waals surface area contributed by atoms with E-state index < -0.39 is 0 Å². The Labute approximate surface area is 120 Å².